The molecule has 0 fully saturated rings. The molecule has 2 atom stereocenters. The SMILES string of the molecule is O=C(CC(=O)N[C@@H](CO)c1ccc2ccccc2c1)N[C@@H](CO)c1ccc2ccccc2c1. The lowest BCUT2D eigenvalue weighted by molar-refractivity contribution is -0.130. The van der Waals surface area contributed by atoms with Gasteiger partial charge in [0.2, 0.25) is 11.8 Å². The fourth-order valence-corrected chi connectivity index (χ4v) is 3.95. The van der Waals surface area contributed by atoms with E-state index in [0.717, 1.165) is 32.7 Å². The molecule has 33 heavy (non-hydrogen) atoms. The minimum atomic E-state index is -0.621. The Bertz CT molecular complexity index is 1190. The number of hydrogen-bond acceptors (Lipinski definition) is 4. The van der Waals surface area contributed by atoms with Crippen LogP contribution >= 0.6 is 0 Å². The number of aliphatic hydroxyl groups excluding tert-OH is 2. The zero-order valence-electron chi connectivity index (χ0n) is 18.1. The number of fused-ring (bicyclic) bond motifs is 2. The highest BCUT2D eigenvalue weighted by molar-refractivity contribution is 5.97. The van der Waals surface area contributed by atoms with Crippen LogP contribution in [0.1, 0.15) is 29.6 Å². The van der Waals surface area contributed by atoms with Gasteiger partial charge in [0.25, 0.3) is 0 Å². The van der Waals surface area contributed by atoms with Gasteiger partial charge < -0.3 is 20.8 Å². The van der Waals surface area contributed by atoms with Crippen molar-refractivity contribution in [2.45, 2.75) is 18.5 Å². The Labute approximate surface area is 191 Å². The van der Waals surface area contributed by atoms with Crippen LogP contribution in [0.5, 0.6) is 0 Å². The summed E-state index contributed by atoms with van der Waals surface area (Å²) in [5, 5.41) is 29.2. The number of carbonyl (C=O) groups is 2. The Hall–Kier alpha value is -3.74. The smallest absolute Gasteiger partial charge is 0.229 e. The van der Waals surface area contributed by atoms with Crippen LogP contribution in [-0.4, -0.2) is 35.2 Å². The number of nitrogens with one attached hydrogen (secondary N) is 2. The number of rotatable bonds is 8. The van der Waals surface area contributed by atoms with Gasteiger partial charge in [-0.1, -0.05) is 72.8 Å². The fraction of sp³-hybridized carbons (Fsp3) is 0.185. The van der Waals surface area contributed by atoms with Crippen molar-refractivity contribution in [3.05, 3.63) is 96.1 Å². The first-order chi connectivity index (χ1) is 16.1. The van der Waals surface area contributed by atoms with Crippen LogP contribution in [0, 0.1) is 0 Å². The van der Waals surface area contributed by atoms with Crippen molar-refractivity contribution in [1.82, 2.24) is 10.6 Å². The second-order valence-corrected chi connectivity index (χ2v) is 8.00. The first kappa shape index (κ1) is 22.5. The van der Waals surface area contributed by atoms with Crippen LogP contribution < -0.4 is 10.6 Å². The maximum atomic E-state index is 12.5. The molecule has 4 N–H and O–H groups in total. The van der Waals surface area contributed by atoms with E-state index in [0.29, 0.717) is 0 Å². The number of aliphatic hydroxyl groups is 2. The quantitative estimate of drug-likeness (QED) is 0.315. The van der Waals surface area contributed by atoms with Gasteiger partial charge in [0.05, 0.1) is 25.3 Å². The maximum absolute atomic E-state index is 12.5. The van der Waals surface area contributed by atoms with E-state index in [1.807, 2.05) is 84.9 Å². The molecule has 2 amide bonds. The van der Waals surface area contributed by atoms with Gasteiger partial charge >= 0.3 is 0 Å². The van der Waals surface area contributed by atoms with Crippen molar-refractivity contribution in [2.24, 2.45) is 0 Å². The molecule has 0 bridgehead atoms. The number of hydrogen-bond donors (Lipinski definition) is 4. The molecule has 0 aliphatic heterocycles. The number of carbonyl (C=O) groups excluding carboxylic acids is 2. The minimum absolute atomic E-state index is 0.290. The van der Waals surface area contributed by atoms with E-state index in [4.69, 9.17) is 0 Å². The summed E-state index contributed by atoms with van der Waals surface area (Å²) in [6.07, 6.45) is -0.409. The van der Waals surface area contributed by atoms with Crippen molar-refractivity contribution < 1.29 is 19.8 Å². The zero-order valence-corrected chi connectivity index (χ0v) is 18.1. The van der Waals surface area contributed by atoms with E-state index < -0.39 is 30.3 Å². The Morgan fingerprint density at radius 3 is 1.39 bits per heavy atom. The summed E-state index contributed by atoms with van der Waals surface area (Å²) in [6, 6.07) is 25.8. The third-order valence-corrected chi connectivity index (χ3v) is 5.71. The van der Waals surface area contributed by atoms with Crippen molar-refractivity contribution >= 4 is 33.4 Å². The van der Waals surface area contributed by atoms with Gasteiger partial charge in [0.15, 0.2) is 0 Å². The van der Waals surface area contributed by atoms with Gasteiger partial charge in [-0.3, -0.25) is 9.59 Å². The Morgan fingerprint density at radius 1 is 0.606 bits per heavy atom. The average molecular weight is 443 g/mol. The average Bonchev–Trinajstić information content (AvgIpc) is 2.85. The molecular formula is C27H26N2O4. The van der Waals surface area contributed by atoms with E-state index >= 15 is 0 Å². The molecular weight excluding hydrogens is 416 g/mol. The molecule has 0 aromatic heterocycles. The molecule has 0 spiro atoms. The van der Waals surface area contributed by atoms with Crippen LogP contribution in [-0.2, 0) is 9.59 Å². The molecule has 0 saturated heterocycles. The monoisotopic (exact) mass is 442 g/mol. The maximum Gasteiger partial charge on any atom is 0.229 e. The summed E-state index contributed by atoms with van der Waals surface area (Å²) in [5.41, 5.74) is 1.52. The van der Waals surface area contributed by atoms with Gasteiger partial charge in [-0.15, -0.1) is 0 Å². The lowest BCUT2D eigenvalue weighted by atomic mass is 10.0. The van der Waals surface area contributed by atoms with Crippen molar-refractivity contribution in [3.8, 4) is 0 Å². The molecule has 4 aromatic carbocycles. The first-order valence-electron chi connectivity index (χ1n) is 10.8. The van der Waals surface area contributed by atoms with Gasteiger partial charge in [-0.05, 0) is 44.8 Å². The summed E-state index contributed by atoms with van der Waals surface area (Å²) in [7, 11) is 0. The van der Waals surface area contributed by atoms with Crippen molar-refractivity contribution in [2.75, 3.05) is 13.2 Å². The second kappa shape index (κ2) is 10.3. The first-order valence-corrected chi connectivity index (χ1v) is 10.8. The van der Waals surface area contributed by atoms with E-state index in [1.54, 1.807) is 0 Å². The number of benzene rings is 4. The third-order valence-electron chi connectivity index (χ3n) is 5.71. The Kier molecular flexibility index (Phi) is 6.98. The van der Waals surface area contributed by atoms with E-state index in [9.17, 15) is 19.8 Å². The Balaban J connectivity index is 1.39. The Morgan fingerprint density at radius 2 is 1.00 bits per heavy atom. The van der Waals surface area contributed by atoms with Crippen LogP contribution in [0.2, 0.25) is 0 Å². The highest BCUT2D eigenvalue weighted by atomic mass is 16.3. The standard InChI is InChI=1S/C27H26N2O4/c30-16-24(22-11-9-18-5-1-3-7-20(18)13-22)28-26(32)15-27(33)29-25(17-31)23-12-10-19-6-2-4-8-21(19)14-23/h1-14,24-25,30-31H,15-17H2,(H,28,32)(H,29,33)/t24-,25-/m0/s1. The van der Waals surface area contributed by atoms with Gasteiger partial charge in [0.1, 0.15) is 6.42 Å². The molecule has 168 valence electrons. The molecule has 0 aliphatic carbocycles. The molecule has 4 aromatic rings. The van der Waals surface area contributed by atoms with E-state index in [2.05, 4.69) is 10.6 Å². The molecule has 0 saturated carbocycles. The highest BCUT2D eigenvalue weighted by Gasteiger charge is 2.19. The molecule has 0 heterocycles. The zero-order chi connectivity index (χ0) is 23.2. The van der Waals surface area contributed by atoms with Crippen LogP contribution in [0.3, 0.4) is 0 Å². The normalized spacial score (nSPS) is 12.9. The fourth-order valence-electron chi connectivity index (χ4n) is 3.95. The van der Waals surface area contributed by atoms with Crippen LogP contribution in [0.25, 0.3) is 21.5 Å². The lowest BCUT2D eigenvalue weighted by Crippen LogP contribution is -2.37. The van der Waals surface area contributed by atoms with E-state index in [-0.39, 0.29) is 13.2 Å². The molecule has 0 unspecified atom stereocenters. The van der Waals surface area contributed by atoms with E-state index in [1.165, 1.54) is 0 Å². The van der Waals surface area contributed by atoms with Crippen LogP contribution in [0.4, 0.5) is 0 Å². The number of amides is 2. The largest absolute Gasteiger partial charge is 0.394 e. The van der Waals surface area contributed by atoms with Crippen molar-refractivity contribution in [1.29, 1.82) is 0 Å². The minimum Gasteiger partial charge on any atom is -0.394 e. The van der Waals surface area contributed by atoms with Crippen LogP contribution in [0.15, 0.2) is 84.9 Å². The third kappa shape index (κ3) is 5.37. The summed E-state index contributed by atoms with van der Waals surface area (Å²) in [4.78, 5) is 25.0. The second-order valence-electron chi connectivity index (χ2n) is 8.00. The molecule has 6 nitrogen and oxygen atoms in total. The van der Waals surface area contributed by atoms with Gasteiger partial charge in [-0.2, -0.15) is 0 Å². The lowest BCUT2D eigenvalue weighted by Gasteiger charge is -2.19. The molecule has 6 heteroatoms. The summed E-state index contributed by atoms with van der Waals surface area (Å²) in [5.74, 6) is -1.01. The summed E-state index contributed by atoms with van der Waals surface area (Å²) >= 11 is 0. The van der Waals surface area contributed by atoms with Crippen molar-refractivity contribution in [3.63, 3.8) is 0 Å². The highest BCUT2D eigenvalue weighted by Crippen LogP contribution is 2.22. The predicted octanol–water partition coefficient (Wildman–Crippen LogP) is 3.38. The topological polar surface area (TPSA) is 98.7 Å². The van der Waals surface area contributed by atoms with Gasteiger partial charge in [0, 0.05) is 0 Å². The van der Waals surface area contributed by atoms with Gasteiger partial charge in [-0.25, -0.2) is 0 Å². The summed E-state index contributed by atoms with van der Waals surface area (Å²) < 4.78 is 0. The molecule has 4 rings (SSSR count). The predicted molar refractivity (Wildman–Crippen MR) is 128 cm³/mol. The molecule has 0 aliphatic rings. The molecule has 0 radical (unpaired) electrons. The summed E-state index contributed by atoms with van der Waals surface area (Å²) in [6.45, 7) is -0.579.